The van der Waals surface area contributed by atoms with Crippen LogP contribution in [-0.2, 0) is 15.1 Å². The molecule has 2 fully saturated rings. The lowest BCUT2D eigenvalue weighted by Crippen LogP contribution is -2.50. The smallest absolute Gasteiger partial charge is 0.412 e. The highest BCUT2D eigenvalue weighted by molar-refractivity contribution is 6.30. The molecule has 2 heterocycles. The van der Waals surface area contributed by atoms with Crippen LogP contribution in [0.5, 0.6) is 0 Å². The number of hydrogen-bond acceptors (Lipinski definition) is 5. The molecule has 5 rings (SSSR count). The molecule has 4 N–H and O–H groups in total. The molecule has 188 valence electrons. The molecule has 0 unspecified atom stereocenters. The molecule has 1 saturated carbocycles. The third-order valence-electron chi connectivity index (χ3n) is 6.81. The van der Waals surface area contributed by atoms with E-state index in [4.69, 9.17) is 21.4 Å². The third kappa shape index (κ3) is 4.94. The summed E-state index contributed by atoms with van der Waals surface area (Å²) in [5.74, 6) is -0.279. The minimum Gasteiger partial charge on any atom is -0.465 e. The Hall–Kier alpha value is -3.79. The topological polar surface area (TPSA) is 137 Å². The molecule has 1 aliphatic carbocycles. The molecular weight excluding hydrogens is 488 g/mol. The van der Waals surface area contributed by atoms with Gasteiger partial charge >= 0.3 is 12.2 Å². The summed E-state index contributed by atoms with van der Waals surface area (Å²) in [6.45, 7) is 0.532. The van der Waals surface area contributed by atoms with Gasteiger partial charge in [-0.1, -0.05) is 24.4 Å². The van der Waals surface area contributed by atoms with Gasteiger partial charge in [0.2, 0.25) is 5.91 Å². The molecule has 2 aliphatic heterocycles. The first-order chi connectivity index (χ1) is 17.2. The predicted molar refractivity (Wildman–Crippen MR) is 131 cm³/mol. The Kier molecular flexibility index (Phi) is 6.21. The maximum atomic E-state index is 13.6. The van der Waals surface area contributed by atoms with Crippen molar-refractivity contribution in [2.24, 2.45) is 5.92 Å². The van der Waals surface area contributed by atoms with Crippen LogP contribution in [-0.4, -0.2) is 53.1 Å². The van der Waals surface area contributed by atoms with Crippen molar-refractivity contribution in [2.45, 2.75) is 37.3 Å². The van der Waals surface area contributed by atoms with Crippen molar-refractivity contribution in [3.05, 3.63) is 58.6 Å². The minimum absolute atomic E-state index is 0.166. The van der Waals surface area contributed by atoms with E-state index in [9.17, 15) is 19.2 Å². The zero-order chi connectivity index (χ0) is 25.4. The molecule has 0 aromatic heterocycles. The first-order valence-electron chi connectivity index (χ1n) is 11.7. The van der Waals surface area contributed by atoms with Crippen LogP contribution in [0.1, 0.15) is 41.6 Å². The summed E-state index contributed by atoms with van der Waals surface area (Å²) < 4.78 is 5.72. The number of ether oxygens (including phenoxy) is 1. The molecule has 2 atom stereocenters. The number of fused-ring (bicyclic) bond motifs is 2. The Morgan fingerprint density at radius 2 is 1.94 bits per heavy atom. The molecule has 2 aromatic rings. The summed E-state index contributed by atoms with van der Waals surface area (Å²) in [4.78, 5) is 51.2. The van der Waals surface area contributed by atoms with E-state index in [1.54, 1.807) is 23.1 Å². The maximum absolute atomic E-state index is 13.6. The zero-order valence-electron chi connectivity index (χ0n) is 19.3. The van der Waals surface area contributed by atoms with E-state index in [0.29, 0.717) is 47.3 Å². The van der Waals surface area contributed by atoms with Gasteiger partial charge in [0.05, 0.1) is 12.2 Å². The van der Waals surface area contributed by atoms with Gasteiger partial charge < -0.3 is 20.1 Å². The van der Waals surface area contributed by atoms with Gasteiger partial charge in [-0.15, -0.1) is 0 Å². The molecule has 0 radical (unpaired) electrons. The molecule has 11 heteroatoms. The number of halogens is 1. The van der Waals surface area contributed by atoms with Gasteiger partial charge in [-0.25, -0.2) is 9.59 Å². The second-order valence-electron chi connectivity index (χ2n) is 9.42. The highest BCUT2D eigenvalue weighted by Crippen LogP contribution is 2.44. The second kappa shape index (κ2) is 9.34. The molecule has 10 nitrogen and oxygen atoms in total. The number of nitrogens with zero attached hydrogens (tertiary/aromatic N) is 1. The Balaban J connectivity index is 1.32. The third-order valence-corrected chi connectivity index (χ3v) is 7.04. The van der Waals surface area contributed by atoms with Gasteiger partial charge in [0.15, 0.2) is 5.60 Å². The van der Waals surface area contributed by atoms with Gasteiger partial charge in [0.1, 0.15) is 6.04 Å². The van der Waals surface area contributed by atoms with E-state index in [1.165, 1.54) is 24.3 Å². The summed E-state index contributed by atoms with van der Waals surface area (Å²) >= 11 is 6.21. The summed E-state index contributed by atoms with van der Waals surface area (Å²) in [5.41, 5.74) is 0.979. The van der Waals surface area contributed by atoms with Crippen LogP contribution < -0.4 is 16.0 Å². The van der Waals surface area contributed by atoms with Gasteiger partial charge in [-0.3, -0.25) is 20.2 Å². The first-order valence-corrected chi connectivity index (χ1v) is 12.1. The standard InChI is InChI=1S/C25H25ClN4O6/c26-16-5-8-19-18(12-16)25(36-24(35)29-19)9-10-30(13-25)22(32)20(11-14-1-2-14)28-21(31)15-3-6-17(7-4-15)27-23(33)34/h3-8,12,14,20,27H,1-2,9-11,13H2,(H,28,31)(H,29,35)(H,33,34)/t20-,25-/m0/s1. The van der Waals surface area contributed by atoms with Gasteiger partial charge in [0.25, 0.3) is 5.91 Å². The van der Waals surface area contributed by atoms with E-state index in [1.807, 2.05) is 0 Å². The molecule has 1 saturated heterocycles. The van der Waals surface area contributed by atoms with Crippen LogP contribution >= 0.6 is 11.6 Å². The monoisotopic (exact) mass is 512 g/mol. The van der Waals surface area contributed by atoms with E-state index in [2.05, 4.69) is 16.0 Å². The lowest BCUT2D eigenvalue weighted by atomic mass is 9.90. The molecule has 1 spiro atoms. The van der Waals surface area contributed by atoms with E-state index >= 15 is 0 Å². The normalized spacial score (nSPS) is 21.2. The Bertz CT molecular complexity index is 1230. The minimum atomic E-state index is -1.20. The Labute approximate surface area is 211 Å². The van der Waals surface area contributed by atoms with E-state index in [0.717, 1.165) is 18.4 Å². The number of rotatable bonds is 6. The number of amides is 4. The lowest BCUT2D eigenvalue weighted by molar-refractivity contribution is -0.133. The second-order valence-corrected chi connectivity index (χ2v) is 9.86. The number of carbonyl (C=O) groups excluding carboxylic acids is 3. The van der Waals surface area contributed by atoms with Crippen LogP contribution in [0.15, 0.2) is 42.5 Å². The fourth-order valence-electron chi connectivity index (χ4n) is 4.84. The number of hydrogen-bond donors (Lipinski definition) is 4. The molecule has 3 aliphatic rings. The van der Waals surface area contributed by atoms with E-state index < -0.39 is 29.7 Å². The number of anilines is 2. The van der Waals surface area contributed by atoms with Crippen molar-refractivity contribution in [2.75, 3.05) is 23.7 Å². The lowest BCUT2D eigenvalue weighted by Gasteiger charge is -2.35. The van der Waals surface area contributed by atoms with Gasteiger partial charge in [-0.05, 0) is 54.8 Å². The average Bonchev–Trinajstić information content (AvgIpc) is 3.56. The van der Waals surface area contributed by atoms with Crippen LogP contribution in [0.2, 0.25) is 5.02 Å². The SMILES string of the molecule is O=C(O)Nc1ccc(C(=O)N[C@@H](CC2CC2)C(=O)N2CC[C@@]3(C2)OC(=O)Nc2ccc(Cl)cc23)cc1. The Morgan fingerprint density at radius 1 is 1.19 bits per heavy atom. The highest BCUT2D eigenvalue weighted by Gasteiger charge is 2.49. The number of carboxylic acid groups (broad SMARTS) is 1. The number of benzene rings is 2. The quantitative estimate of drug-likeness (QED) is 0.461. The van der Waals surface area contributed by atoms with E-state index in [-0.39, 0.29) is 12.5 Å². The Morgan fingerprint density at radius 3 is 2.64 bits per heavy atom. The summed E-state index contributed by atoms with van der Waals surface area (Å²) in [7, 11) is 0. The summed E-state index contributed by atoms with van der Waals surface area (Å²) in [5, 5.41) is 17.1. The fraction of sp³-hybridized carbons (Fsp3) is 0.360. The van der Waals surface area contributed by atoms with Gasteiger partial charge in [0, 0.05) is 34.8 Å². The van der Waals surface area contributed by atoms with Crippen molar-refractivity contribution in [1.82, 2.24) is 10.2 Å². The van der Waals surface area contributed by atoms with Crippen molar-refractivity contribution in [3.63, 3.8) is 0 Å². The van der Waals surface area contributed by atoms with Crippen LogP contribution in [0.4, 0.5) is 21.0 Å². The molecular formula is C25H25ClN4O6. The van der Waals surface area contributed by atoms with Gasteiger partial charge in [-0.2, -0.15) is 0 Å². The number of likely N-dealkylation sites (tertiary alicyclic amines) is 1. The average molecular weight is 513 g/mol. The highest BCUT2D eigenvalue weighted by atomic mass is 35.5. The number of carbonyl (C=O) groups is 4. The maximum Gasteiger partial charge on any atom is 0.412 e. The van der Waals surface area contributed by atoms with Crippen LogP contribution in [0, 0.1) is 5.92 Å². The molecule has 4 amide bonds. The van der Waals surface area contributed by atoms with Crippen molar-refractivity contribution >= 4 is 47.0 Å². The number of nitrogens with one attached hydrogen (secondary N) is 3. The van der Waals surface area contributed by atoms with Crippen molar-refractivity contribution in [3.8, 4) is 0 Å². The molecule has 0 bridgehead atoms. The summed E-state index contributed by atoms with van der Waals surface area (Å²) in [6.07, 6.45) is 1.18. The largest absolute Gasteiger partial charge is 0.465 e. The first kappa shape index (κ1) is 23.9. The summed E-state index contributed by atoms with van der Waals surface area (Å²) in [6, 6.07) is 10.4. The van der Waals surface area contributed by atoms with Crippen LogP contribution in [0.25, 0.3) is 0 Å². The zero-order valence-corrected chi connectivity index (χ0v) is 20.0. The molecule has 2 aromatic carbocycles. The van der Waals surface area contributed by atoms with Crippen molar-refractivity contribution < 1.29 is 29.0 Å². The fourth-order valence-corrected chi connectivity index (χ4v) is 5.01. The van der Waals surface area contributed by atoms with Crippen LogP contribution in [0.3, 0.4) is 0 Å². The van der Waals surface area contributed by atoms with Crippen molar-refractivity contribution in [1.29, 1.82) is 0 Å². The predicted octanol–water partition coefficient (Wildman–Crippen LogP) is 4.02. The molecule has 36 heavy (non-hydrogen) atoms.